The van der Waals surface area contributed by atoms with Gasteiger partial charge in [-0.25, -0.2) is 0 Å². The van der Waals surface area contributed by atoms with Crippen LogP contribution in [0.15, 0.2) is 66.7 Å². The molecule has 1 fully saturated rings. The maximum absolute atomic E-state index is 12.9. The Kier molecular flexibility index (Phi) is 2.99. The van der Waals surface area contributed by atoms with Crippen LogP contribution in [0.2, 0.25) is 0 Å². The molecule has 1 saturated carbocycles. The van der Waals surface area contributed by atoms with Crippen LogP contribution >= 0.6 is 0 Å². The SMILES string of the molecule is O=C(C1CC1)[C@H]1Oc2ccc3ccccc3c2[C@@H]1c1ccccc1. The van der Waals surface area contributed by atoms with Crippen molar-refractivity contribution in [3.63, 3.8) is 0 Å². The molecule has 0 aromatic heterocycles. The van der Waals surface area contributed by atoms with E-state index >= 15 is 0 Å². The number of hydrogen-bond donors (Lipinski definition) is 0. The van der Waals surface area contributed by atoms with Gasteiger partial charge >= 0.3 is 0 Å². The number of rotatable bonds is 3. The molecule has 118 valence electrons. The highest BCUT2D eigenvalue weighted by molar-refractivity contribution is 5.95. The zero-order chi connectivity index (χ0) is 16.1. The number of Topliss-reactive ketones (excluding diaryl/α,β-unsaturated/α-hetero) is 1. The third-order valence-corrected chi connectivity index (χ3v) is 5.22. The van der Waals surface area contributed by atoms with Crippen LogP contribution in [0.25, 0.3) is 10.8 Å². The molecule has 0 amide bonds. The Morgan fingerprint density at radius 3 is 2.42 bits per heavy atom. The fraction of sp³-hybridized carbons (Fsp3) is 0.227. The molecule has 3 aromatic carbocycles. The Morgan fingerprint density at radius 1 is 0.875 bits per heavy atom. The molecular weight excluding hydrogens is 296 g/mol. The van der Waals surface area contributed by atoms with Gasteiger partial charge in [-0.15, -0.1) is 0 Å². The van der Waals surface area contributed by atoms with Gasteiger partial charge < -0.3 is 4.74 Å². The number of fused-ring (bicyclic) bond motifs is 3. The average Bonchev–Trinajstić information content (AvgIpc) is 3.41. The van der Waals surface area contributed by atoms with E-state index in [9.17, 15) is 4.79 Å². The van der Waals surface area contributed by atoms with Crippen LogP contribution in [0.4, 0.5) is 0 Å². The third kappa shape index (κ3) is 2.06. The van der Waals surface area contributed by atoms with Gasteiger partial charge in [0.1, 0.15) is 5.75 Å². The summed E-state index contributed by atoms with van der Waals surface area (Å²) >= 11 is 0. The Hall–Kier alpha value is -2.61. The lowest BCUT2D eigenvalue weighted by Gasteiger charge is -2.19. The van der Waals surface area contributed by atoms with Crippen LogP contribution in [-0.2, 0) is 4.79 Å². The normalized spacial score (nSPS) is 22.2. The predicted molar refractivity (Wildman–Crippen MR) is 94.4 cm³/mol. The summed E-state index contributed by atoms with van der Waals surface area (Å²) in [6.45, 7) is 0. The van der Waals surface area contributed by atoms with Crippen molar-refractivity contribution in [2.75, 3.05) is 0 Å². The molecule has 1 aliphatic carbocycles. The van der Waals surface area contributed by atoms with Gasteiger partial charge in [0.25, 0.3) is 0 Å². The van der Waals surface area contributed by atoms with E-state index in [-0.39, 0.29) is 23.7 Å². The van der Waals surface area contributed by atoms with Crippen molar-refractivity contribution in [3.8, 4) is 5.75 Å². The van der Waals surface area contributed by atoms with Crippen molar-refractivity contribution in [1.29, 1.82) is 0 Å². The standard InChI is InChI=1S/C22H18O2/c23-21(16-10-11-16)22-19(15-7-2-1-3-8-15)20-17-9-5-4-6-14(17)12-13-18(20)24-22/h1-9,12-13,16,19,22H,10-11H2/t19-,22-/m0/s1. The molecule has 0 saturated heterocycles. The number of hydrogen-bond acceptors (Lipinski definition) is 2. The minimum atomic E-state index is -0.388. The van der Waals surface area contributed by atoms with Crippen LogP contribution in [0.1, 0.15) is 29.9 Å². The number of ketones is 1. The molecule has 2 nitrogen and oxygen atoms in total. The van der Waals surface area contributed by atoms with E-state index in [1.54, 1.807) is 0 Å². The van der Waals surface area contributed by atoms with Crippen LogP contribution in [0.3, 0.4) is 0 Å². The van der Waals surface area contributed by atoms with Gasteiger partial charge in [0.15, 0.2) is 11.9 Å². The summed E-state index contributed by atoms with van der Waals surface area (Å²) in [7, 11) is 0. The lowest BCUT2D eigenvalue weighted by atomic mass is 9.83. The molecule has 1 aliphatic heterocycles. The molecule has 1 heterocycles. The highest BCUT2D eigenvalue weighted by Gasteiger charge is 2.46. The molecule has 0 unspecified atom stereocenters. The Bertz CT molecular complexity index is 925. The third-order valence-electron chi connectivity index (χ3n) is 5.22. The average molecular weight is 314 g/mol. The number of ether oxygens (including phenoxy) is 1. The van der Waals surface area contributed by atoms with E-state index < -0.39 is 0 Å². The fourth-order valence-corrected chi connectivity index (χ4v) is 3.88. The number of carbonyl (C=O) groups is 1. The van der Waals surface area contributed by atoms with E-state index in [1.165, 1.54) is 16.3 Å². The number of carbonyl (C=O) groups excluding carboxylic acids is 1. The molecule has 24 heavy (non-hydrogen) atoms. The fourth-order valence-electron chi connectivity index (χ4n) is 3.88. The molecule has 0 N–H and O–H groups in total. The molecular formula is C22H18O2. The van der Waals surface area contributed by atoms with Crippen molar-refractivity contribution in [1.82, 2.24) is 0 Å². The molecule has 0 bridgehead atoms. The first-order valence-corrected chi connectivity index (χ1v) is 8.60. The van der Waals surface area contributed by atoms with Crippen molar-refractivity contribution >= 4 is 16.6 Å². The Morgan fingerprint density at radius 2 is 1.62 bits per heavy atom. The highest BCUT2D eigenvalue weighted by Crippen LogP contribution is 2.48. The van der Waals surface area contributed by atoms with E-state index in [0.29, 0.717) is 0 Å². The molecule has 0 spiro atoms. The predicted octanol–water partition coefficient (Wildman–Crippen LogP) is 4.71. The molecule has 0 radical (unpaired) electrons. The zero-order valence-electron chi connectivity index (χ0n) is 13.3. The summed E-state index contributed by atoms with van der Waals surface area (Å²) < 4.78 is 6.20. The molecule has 2 atom stereocenters. The van der Waals surface area contributed by atoms with Gasteiger partial charge in [-0.05, 0) is 35.2 Å². The first-order chi connectivity index (χ1) is 11.8. The maximum Gasteiger partial charge on any atom is 0.177 e. The monoisotopic (exact) mass is 314 g/mol. The van der Waals surface area contributed by atoms with Gasteiger partial charge in [0.05, 0.1) is 5.92 Å². The topological polar surface area (TPSA) is 26.3 Å². The second-order valence-electron chi connectivity index (χ2n) is 6.80. The van der Waals surface area contributed by atoms with Crippen LogP contribution in [-0.4, -0.2) is 11.9 Å². The summed E-state index contributed by atoms with van der Waals surface area (Å²) in [5, 5.41) is 2.38. The molecule has 2 heteroatoms. The van der Waals surface area contributed by atoms with E-state index in [2.05, 4.69) is 42.5 Å². The summed E-state index contributed by atoms with van der Waals surface area (Å²) in [6.07, 6.45) is 1.63. The molecule has 2 aliphatic rings. The lowest BCUT2D eigenvalue weighted by molar-refractivity contribution is -0.126. The first-order valence-electron chi connectivity index (χ1n) is 8.60. The van der Waals surface area contributed by atoms with E-state index in [1.807, 2.05) is 24.3 Å². The van der Waals surface area contributed by atoms with Gasteiger partial charge in [0, 0.05) is 11.5 Å². The van der Waals surface area contributed by atoms with Gasteiger partial charge in [0.2, 0.25) is 0 Å². The van der Waals surface area contributed by atoms with E-state index in [0.717, 1.165) is 24.2 Å². The van der Waals surface area contributed by atoms with Crippen LogP contribution < -0.4 is 4.74 Å². The van der Waals surface area contributed by atoms with Gasteiger partial charge in [-0.2, -0.15) is 0 Å². The highest BCUT2D eigenvalue weighted by atomic mass is 16.5. The Labute approximate surface area is 141 Å². The van der Waals surface area contributed by atoms with E-state index in [4.69, 9.17) is 4.74 Å². The maximum atomic E-state index is 12.9. The van der Waals surface area contributed by atoms with Crippen molar-refractivity contribution < 1.29 is 9.53 Å². The second-order valence-corrected chi connectivity index (χ2v) is 6.80. The quantitative estimate of drug-likeness (QED) is 0.699. The zero-order valence-corrected chi connectivity index (χ0v) is 13.3. The Balaban J connectivity index is 1.73. The van der Waals surface area contributed by atoms with Crippen molar-refractivity contribution in [3.05, 3.63) is 77.9 Å². The van der Waals surface area contributed by atoms with Crippen LogP contribution in [0.5, 0.6) is 5.75 Å². The van der Waals surface area contributed by atoms with Crippen LogP contribution in [0, 0.1) is 5.92 Å². The van der Waals surface area contributed by atoms with Gasteiger partial charge in [-0.1, -0.05) is 60.7 Å². The minimum absolute atomic E-state index is 0.0135. The smallest absolute Gasteiger partial charge is 0.177 e. The van der Waals surface area contributed by atoms with Crippen molar-refractivity contribution in [2.45, 2.75) is 24.9 Å². The van der Waals surface area contributed by atoms with Gasteiger partial charge in [-0.3, -0.25) is 4.79 Å². The second kappa shape index (κ2) is 5.20. The lowest BCUT2D eigenvalue weighted by Crippen LogP contribution is -2.31. The summed E-state index contributed by atoms with van der Waals surface area (Å²) in [4.78, 5) is 12.9. The number of benzene rings is 3. The summed E-state index contributed by atoms with van der Waals surface area (Å²) in [5.74, 6) is 1.31. The minimum Gasteiger partial charge on any atom is -0.481 e. The van der Waals surface area contributed by atoms with Crippen molar-refractivity contribution in [2.24, 2.45) is 5.92 Å². The summed E-state index contributed by atoms with van der Waals surface area (Å²) in [5.41, 5.74) is 2.32. The molecule has 5 rings (SSSR count). The summed E-state index contributed by atoms with van der Waals surface area (Å²) in [6, 6.07) is 22.8. The molecule has 3 aromatic rings. The largest absolute Gasteiger partial charge is 0.481 e. The first kappa shape index (κ1) is 13.8.